The van der Waals surface area contributed by atoms with E-state index in [9.17, 15) is 19.2 Å². The standard InChI is InChI=1S/C20H16BrCl2N3O5/c21-14-6-5-12(8-16(14)23)24-17(27)10-31-20(30)11-7-18(28)26(9-11)25-19(29)13-3-1-2-4-15(13)22/h1-6,8,11H,7,9-10H2,(H,24,27)(H,25,29)/t11-/m1/s1. The van der Waals surface area contributed by atoms with Crippen LogP contribution in [0.2, 0.25) is 10.0 Å². The number of hydrogen-bond donors (Lipinski definition) is 2. The van der Waals surface area contributed by atoms with E-state index in [0.717, 1.165) is 5.01 Å². The van der Waals surface area contributed by atoms with Gasteiger partial charge in [0.05, 0.1) is 28.1 Å². The predicted octanol–water partition coefficient (Wildman–Crippen LogP) is 3.43. The highest BCUT2D eigenvalue weighted by Crippen LogP contribution is 2.25. The molecule has 2 aromatic carbocycles. The molecule has 1 saturated heterocycles. The Morgan fingerprint density at radius 3 is 2.58 bits per heavy atom. The summed E-state index contributed by atoms with van der Waals surface area (Å²) in [5.41, 5.74) is 3.08. The van der Waals surface area contributed by atoms with Crippen molar-refractivity contribution in [2.24, 2.45) is 5.92 Å². The first-order valence-electron chi connectivity index (χ1n) is 9.02. The molecule has 8 nitrogen and oxygen atoms in total. The van der Waals surface area contributed by atoms with Crippen molar-refractivity contribution in [2.75, 3.05) is 18.5 Å². The third-order valence-corrected chi connectivity index (χ3v) is 5.92. The topological polar surface area (TPSA) is 105 Å². The van der Waals surface area contributed by atoms with Crippen LogP contribution >= 0.6 is 39.1 Å². The summed E-state index contributed by atoms with van der Waals surface area (Å²) in [6.07, 6.45) is -0.147. The average Bonchev–Trinajstić information content (AvgIpc) is 3.09. The Kier molecular flexibility index (Phi) is 7.53. The molecule has 0 aliphatic carbocycles. The Balaban J connectivity index is 1.49. The van der Waals surface area contributed by atoms with Gasteiger partial charge in [-0.25, -0.2) is 0 Å². The molecule has 31 heavy (non-hydrogen) atoms. The summed E-state index contributed by atoms with van der Waals surface area (Å²) in [6.45, 7) is -0.596. The number of anilines is 1. The summed E-state index contributed by atoms with van der Waals surface area (Å²) >= 11 is 15.2. The van der Waals surface area contributed by atoms with Gasteiger partial charge in [-0.1, -0.05) is 35.3 Å². The molecule has 0 saturated carbocycles. The fraction of sp³-hybridized carbons (Fsp3) is 0.200. The molecular formula is C20H16BrCl2N3O5. The summed E-state index contributed by atoms with van der Waals surface area (Å²) in [4.78, 5) is 48.7. The number of benzene rings is 2. The van der Waals surface area contributed by atoms with Crippen LogP contribution in [0.15, 0.2) is 46.9 Å². The molecule has 2 N–H and O–H groups in total. The quantitative estimate of drug-likeness (QED) is 0.559. The van der Waals surface area contributed by atoms with E-state index < -0.39 is 36.2 Å². The van der Waals surface area contributed by atoms with Gasteiger partial charge < -0.3 is 10.1 Å². The van der Waals surface area contributed by atoms with Crippen LogP contribution in [0.3, 0.4) is 0 Å². The van der Waals surface area contributed by atoms with Gasteiger partial charge in [-0.05, 0) is 46.3 Å². The Labute approximate surface area is 195 Å². The maximum Gasteiger partial charge on any atom is 0.311 e. The highest BCUT2D eigenvalue weighted by Gasteiger charge is 2.37. The van der Waals surface area contributed by atoms with E-state index in [2.05, 4.69) is 26.7 Å². The fourth-order valence-corrected chi connectivity index (χ4v) is 3.48. The van der Waals surface area contributed by atoms with E-state index >= 15 is 0 Å². The molecule has 0 radical (unpaired) electrons. The first kappa shape index (κ1) is 23.1. The van der Waals surface area contributed by atoms with Gasteiger partial charge in [-0.3, -0.25) is 29.6 Å². The first-order chi connectivity index (χ1) is 14.7. The van der Waals surface area contributed by atoms with Crippen LogP contribution in [0.25, 0.3) is 0 Å². The van der Waals surface area contributed by atoms with Crippen molar-refractivity contribution in [1.29, 1.82) is 0 Å². The fourth-order valence-electron chi connectivity index (χ4n) is 2.83. The number of hydrogen-bond acceptors (Lipinski definition) is 5. The van der Waals surface area contributed by atoms with Crippen molar-refractivity contribution in [3.05, 3.63) is 62.5 Å². The lowest BCUT2D eigenvalue weighted by atomic mass is 10.1. The van der Waals surface area contributed by atoms with Gasteiger partial charge in [0.25, 0.3) is 11.8 Å². The molecular weight excluding hydrogens is 513 g/mol. The van der Waals surface area contributed by atoms with Gasteiger partial charge in [-0.15, -0.1) is 0 Å². The normalized spacial score (nSPS) is 15.5. The van der Waals surface area contributed by atoms with E-state index in [1.807, 2.05) is 0 Å². The molecule has 3 rings (SSSR count). The molecule has 0 aromatic heterocycles. The Hall–Kier alpha value is -2.62. The van der Waals surface area contributed by atoms with Crippen molar-refractivity contribution in [3.63, 3.8) is 0 Å². The smallest absolute Gasteiger partial charge is 0.311 e. The zero-order valence-corrected chi connectivity index (χ0v) is 19.0. The zero-order chi connectivity index (χ0) is 22.5. The maximum absolute atomic E-state index is 12.3. The van der Waals surface area contributed by atoms with Gasteiger partial charge in [-0.2, -0.15) is 0 Å². The van der Waals surface area contributed by atoms with Crippen LogP contribution < -0.4 is 10.7 Å². The largest absolute Gasteiger partial charge is 0.455 e. The summed E-state index contributed by atoms with van der Waals surface area (Å²) in [6, 6.07) is 11.2. The van der Waals surface area contributed by atoms with Gasteiger partial charge >= 0.3 is 5.97 Å². The van der Waals surface area contributed by atoms with E-state index in [1.165, 1.54) is 6.07 Å². The number of carbonyl (C=O) groups is 4. The van der Waals surface area contributed by atoms with Crippen molar-refractivity contribution >= 4 is 68.5 Å². The molecule has 3 amide bonds. The molecule has 1 heterocycles. The van der Waals surface area contributed by atoms with E-state index in [0.29, 0.717) is 15.2 Å². The number of hydrazine groups is 1. The molecule has 2 aromatic rings. The van der Waals surface area contributed by atoms with Crippen LogP contribution in [0.1, 0.15) is 16.8 Å². The number of amides is 3. The molecule has 0 bridgehead atoms. The third kappa shape index (κ3) is 5.96. The minimum atomic E-state index is -0.811. The summed E-state index contributed by atoms with van der Waals surface area (Å²) < 4.78 is 5.69. The highest BCUT2D eigenvalue weighted by atomic mass is 79.9. The summed E-state index contributed by atoms with van der Waals surface area (Å²) in [7, 11) is 0. The highest BCUT2D eigenvalue weighted by molar-refractivity contribution is 9.10. The lowest BCUT2D eigenvalue weighted by Gasteiger charge is -2.18. The SMILES string of the molecule is O=C(COC(=O)[C@@H]1CC(=O)N(NC(=O)c2ccccc2Cl)C1)Nc1ccc(Br)c(Cl)c1. The van der Waals surface area contributed by atoms with E-state index in [-0.39, 0.29) is 23.6 Å². The lowest BCUT2D eigenvalue weighted by Crippen LogP contribution is -2.43. The van der Waals surface area contributed by atoms with Crippen LogP contribution in [-0.2, 0) is 19.1 Å². The lowest BCUT2D eigenvalue weighted by molar-refractivity contribution is -0.151. The second-order valence-electron chi connectivity index (χ2n) is 6.61. The van der Waals surface area contributed by atoms with Crippen molar-refractivity contribution in [3.8, 4) is 0 Å². The number of ether oxygens (including phenoxy) is 1. The van der Waals surface area contributed by atoms with Gasteiger partial charge in [0.15, 0.2) is 6.61 Å². The van der Waals surface area contributed by atoms with E-state index in [4.69, 9.17) is 27.9 Å². The summed E-state index contributed by atoms with van der Waals surface area (Å²) in [5.74, 6) is -3.10. The molecule has 1 fully saturated rings. The summed E-state index contributed by atoms with van der Waals surface area (Å²) in [5, 5.41) is 4.25. The molecule has 1 aliphatic heterocycles. The Morgan fingerprint density at radius 2 is 1.87 bits per heavy atom. The van der Waals surface area contributed by atoms with Crippen molar-refractivity contribution in [2.45, 2.75) is 6.42 Å². The van der Waals surface area contributed by atoms with Gasteiger partial charge in [0, 0.05) is 16.6 Å². The maximum atomic E-state index is 12.3. The van der Waals surface area contributed by atoms with Crippen LogP contribution in [0.4, 0.5) is 5.69 Å². The monoisotopic (exact) mass is 527 g/mol. The number of nitrogens with zero attached hydrogens (tertiary/aromatic N) is 1. The number of rotatable bonds is 6. The van der Waals surface area contributed by atoms with Crippen LogP contribution in [0, 0.1) is 5.92 Å². The molecule has 162 valence electrons. The second-order valence-corrected chi connectivity index (χ2v) is 8.28. The number of carbonyl (C=O) groups excluding carboxylic acids is 4. The molecule has 1 atom stereocenters. The Morgan fingerprint density at radius 1 is 1.13 bits per heavy atom. The van der Waals surface area contributed by atoms with Crippen molar-refractivity contribution < 1.29 is 23.9 Å². The molecule has 0 spiro atoms. The molecule has 0 unspecified atom stereocenters. The first-order valence-corrected chi connectivity index (χ1v) is 10.6. The second kappa shape index (κ2) is 10.1. The van der Waals surface area contributed by atoms with Crippen molar-refractivity contribution in [1.82, 2.24) is 10.4 Å². The third-order valence-electron chi connectivity index (χ3n) is 4.36. The van der Waals surface area contributed by atoms with Crippen LogP contribution in [-0.4, -0.2) is 41.9 Å². The number of nitrogens with one attached hydrogen (secondary N) is 2. The Bertz CT molecular complexity index is 1050. The van der Waals surface area contributed by atoms with Gasteiger partial charge in [0.1, 0.15) is 0 Å². The number of esters is 1. The zero-order valence-electron chi connectivity index (χ0n) is 15.9. The predicted molar refractivity (Wildman–Crippen MR) is 117 cm³/mol. The van der Waals surface area contributed by atoms with Gasteiger partial charge in [0.2, 0.25) is 5.91 Å². The molecule has 11 heteroatoms. The minimum absolute atomic E-state index is 0.0716. The average molecular weight is 529 g/mol. The number of halogens is 3. The van der Waals surface area contributed by atoms with E-state index in [1.54, 1.807) is 36.4 Å². The minimum Gasteiger partial charge on any atom is -0.455 e. The van der Waals surface area contributed by atoms with Crippen LogP contribution in [0.5, 0.6) is 0 Å². The molecule has 1 aliphatic rings.